The monoisotopic (exact) mass is 212 g/mol. The minimum absolute atomic E-state index is 0.120. The number of allylic oxidation sites excluding steroid dienone is 2. The second-order valence-electron chi connectivity index (χ2n) is 3.79. The van der Waals surface area contributed by atoms with Crippen molar-refractivity contribution in [3.8, 4) is 0 Å². The van der Waals surface area contributed by atoms with Gasteiger partial charge in [0.15, 0.2) is 0 Å². The Balaban J connectivity index is 1.88. The molecule has 0 spiro atoms. The number of esters is 1. The fraction of sp³-hybridized carbons (Fsp3) is 0.750. The Hall–Kier alpha value is -0.830. The quantitative estimate of drug-likeness (QED) is 0.268. The molecule has 0 bridgehead atoms. The lowest BCUT2D eigenvalue weighted by molar-refractivity contribution is -0.144. The zero-order valence-corrected chi connectivity index (χ0v) is 9.41. The zero-order chi connectivity index (χ0) is 10.9. The fourth-order valence-electron chi connectivity index (χ4n) is 1.18. The van der Waals surface area contributed by atoms with Crippen molar-refractivity contribution in [3.63, 3.8) is 0 Å². The van der Waals surface area contributed by atoms with Crippen LogP contribution >= 0.6 is 0 Å². The SMILES string of the molecule is CCCC/C=C/CCC(=O)OCC1CO1. The van der Waals surface area contributed by atoms with Crippen LogP contribution in [-0.4, -0.2) is 25.3 Å². The molecule has 1 heterocycles. The maximum atomic E-state index is 11.2. The van der Waals surface area contributed by atoms with Crippen molar-refractivity contribution in [2.45, 2.75) is 45.1 Å². The van der Waals surface area contributed by atoms with E-state index in [4.69, 9.17) is 9.47 Å². The number of carbonyl (C=O) groups is 1. The first-order valence-corrected chi connectivity index (χ1v) is 5.75. The standard InChI is InChI=1S/C12H20O3/c1-2-3-4-5-6-7-8-12(13)15-10-11-9-14-11/h5-6,11H,2-4,7-10H2,1H3/b6-5+. The molecular formula is C12H20O3. The van der Waals surface area contributed by atoms with E-state index in [-0.39, 0.29) is 12.1 Å². The highest BCUT2D eigenvalue weighted by Gasteiger charge is 2.23. The molecule has 0 aromatic carbocycles. The molecule has 1 atom stereocenters. The predicted molar refractivity (Wildman–Crippen MR) is 58.6 cm³/mol. The first-order chi connectivity index (χ1) is 7.33. The topological polar surface area (TPSA) is 38.8 Å². The molecule has 15 heavy (non-hydrogen) atoms. The Bertz CT molecular complexity index is 207. The third kappa shape index (κ3) is 7.14. The number of rotatable bonds is 8. The highest BCUT2D eigenvalue weighted by Crippen LogP contribution is 2.09. The van der Waals surface area contributed by atoms with Gasteiger partial charge in [-0.2, -0.15) is 0 Å². The average Bonchev–Trinajstić information content (AvgIpc) is 3.04. The lowest BCUT2D eigenvalue weighted by Crippen LogP contribution is -2.08. The molecule has 1 unspecified atom stereocenters. The van der Waals surface area contributed by atoms with E-state index in [0.29, 0.717) is 13.0 Å². The summed E-state index contributed by atoms with van der Waals surface area (Å²) in [6.07, 6.45) is 9.19. The summed E-state index contributed by atoms with van der Waals surface area (Å²) in [6, 6.07) is 0. The second-order valence-corrected chi connectivity index (χ2v) is 3.79. The van der Waals surface area contributed by atoms with Crippen LogP contribution in [0.25, 0.3) is 0 Å². The number of epoxide rings is 1. The van der Waals surface area contributed by atoms with Crippen LogP contribution in [0.15, 0.2) is 12.2 Å². The number of ether oxygens (including phenoxy) is 2. The van der Waals surface area contributed by atoms with Crippen LogP contribution in [-0.2, 0) is 14.3 Å². The Morgan fingerprint density at radius 3 is 2.87 bits per heavy atom. The van der Waals surface area contributed by atoms with Gasteiger partial charge in [-0.15, -0.1) is 0 Å². The third-order valence-electron chi connectivity index (χ3n) is 2.24. The highest BCUT2D eigenvalue weighted by atomic mass is 16.6. The van der Waals surface area contributed by atoms with Crippen molar-refractivity contribution in [3.05, 3.63) is 12.2 Å². The van der Waals surface area contributed by atoms with Crippen molar-refractivity contribution in [2.75, 3.05) is 13.2 Å². The van der Waals surface area contributed by atoms with Gasteiger partial charge in [-0.25, -0.2) is 0 Å². The van der Waals surface area contributed by atoms with Gasteiger partial charge in [0.05, 0.1) is 6.61 Å². The summed E-state index contributed by atoms with van der Waals surface area (Å²) in [6.45, 7) is 3.34. The summed E-state index contributed by atoms with van der Waals surface area (Å²) in [4.78, 5) is 11.2. The first-order valence-electron chi connectivity index (χ1n) is 5.75. The van der Waals surface area contributed by atoms with Gasteiger partial charge in [0, 0.05) is 6.42 Å². The van der Waals surface area contributed by atoms with E-state index in [1.54, 1.807) is 0 Å². The minimum Gasteiger partial charge on any atom is -0.463 e. The van der Waals surface area contributed by atoms with E-state index < -0.39 is 0 Å². The van der Waals surface area contributed by atoms with E-state index in [1.165, 1.54) is 12.8 Å². The van der Waals surface area contributed by atoms with Crippen LogP contribution in [0.2, 0.25) is 0 Å². The van der Waals surface area contributed by atoms with E-state index in [9.17, 15) is 4.79 Å². The number of hydrogen-bond donors (Lipinski definition) is 0. The molecule has 0 aromatic heterocycles. The molecule has 0 amide bonds. The van der Waals surface area contributed by atoms with Gasteiger partial charge in [-0.1, -0.05) is 31.9 Å². The van der Waals surface area contributed by atoms with Crippen LogP contribution in [0.3, 0.4) is 0 Å². The molecule has 0 radical (unpaired) electrons. The lowest BCUT2D eigenvalue weighted by Gasteiger charge is -2.00. The molecule has 86 valence electrons. The normalized spacial score (nSPS) is 19.4. The van der Waals surface area contributed by atoms with Gasteiger partial charge in [-0.05, 0) is 12.8 Å². The predicted octanol–water partition coefficient (Wildman–Crippen LogP) is 2.46. The molecule has 1 aliphatic rings. The molecule has 3 heteroatoms. The summed E-state index contributed by atoms with van der Waals surface area (Å²) in [5.41, 5.74) is 0. The van der Waals surface area contributed by atoms with Crippen molar-refractivity contribution in [2.24, 2.45) is 0 Å². The van der Waals surface area contributed by atoms with E-state index in [2.05, 4.69) is 19.1 Å². The fourth-order valence-corrected chi connectivity index (χ4v) is 1.18. The van der Waals surface area contributed by atoms with Crippen molar-refractivity contribution in [1.29, 1.82) is 0 Å². The van der Waals surface area contributed by atoms with Gasteiger partial charge >= 0.3 is 5.97 Å². The minimum atomic E-state index is -0.120. The zero-order valence-electron chi connectivity index (χ0n) is 9.41. The number of carbonyl (C=O) groups excluding carboxylic acids is 1. The first kappa shape index (κ1) is 12.2. The molecule has 0 aliphatic carbocycles. The largest absolute Gasteiger partial charge is 0.463 e. The smallest absolute Gasteiger partial charge is 0.306 e. The van der Waals surface area contributed by atoms with Gasteiger partial charge in [0.2, 0.25) is 0 Å². The van der Waals surface area contributed by atoms with Gasteiger partial charge in [0.1, 0.15) is 12.7 Å². The molecule has 0 N–H and O–H groups in total. The van der Waals surface area contributed by atoms with Crippen LogP contribution in [0.4, 0.5) is 0 Å². The Morgan fingerprint density at radius 2 is 2.20 bits per heavy atom. The maximum absolute atomic E-state index is 11.2. The molecule has 3 nitrogen and oxygen atoms in total. The van der Waals surface area contributed by atoms with E-state index in [0.717, 1.165) is 19.4 Å². The van der Waals surface area contributed by atoms with Gasteiger partial charge < -0.3 is 9.47 Å². The van der Waals surface area contributed by atoms with Crippen LogP contribution < -0.4 is 0 Å². The lowest BCUT2D eigenvalue weighted by atomic mass is 10.2. The maximum Gasteiger partial charge on any atom is 0.306 e. The van der Waals surface area contributed by atoms with Crippen LogP contribution in [0, 0.1) is 0 Å². The molecular weight excluding hydrogens is 192 g/mol. The number of hydrogen-bond acceptors (Lipinski definition) is 3. The summed E-state index contributed by atoms with van der Waals surface area (Å²) < 4.78 is 9.93. The summed E-state index contributed by atoms with van der Waals surface area (Å²) >= 11 is 0. The van der Waals surface area contributed by atoms with Gasteiger partial charge in [0.25, 0.3) is 0 Å². The second kappa shape index (κ2) is 7.46. The highest BCUT2D eigenvalue weighted by molar-refractivity contribution is 5.69. The molecule has 0 aromatic rings. The van der Waals surface area contributed by atoms with Crippen molar-refractivity contribution >= 4 is 5.97 Å². The van der Waals surface area contributed by atoms with Crippen LogP contribution in [0.1, 0.15) is 39.0 Å². The molecule has 0 saturated carbocycles. The molecule has 1 aliphatic heterocycles. The molecule has 1 rings (SSSR count). The Kier molecular flexibility index (Phi) is 6.09. The van der Waals surface area contributed by atoms with E-state index >= 15 is 0 Å². The van der Waals surface area contributed by atoms with Gasteiger partial charge in [-0.3, -0.25) is 4.79 Å². The Labute approximate surface area is 91.4 Å². The number of unbranched alkanes of at least 4 members (excludes halogenated alkanes) is 2. The third-order valence-corrected chi connectivity index (χ3v) is 2.24. The van der Waals surface area contributed by atoms with Crippen molar-refractivity contribution in [1.82, 2.24) is 0 Å². The Morgan fingerprint density at radius 1 is 1.47 bits per heavy atom. The molecule has 1 saturated heterocycles. The average molecular weight is 212 g/mol. The summed E-state index contributed by atoms with van der Waals surface area (Å²) in [5.74, 6) is -0.120. The van der Waals surface area contributed by atoms with E-state index in [1.807, 2.05) is 0 Å². The summed E-state index contributed by atoms with van der Waals surface area (Å²) in [7, 11) is 0. The summed E-state index contributed by atoms with van der Waals surface area (Å²) in [5, 5.41) is 0. The van der Waals surface area contributed by atoms with Crippen LogP contribution in [0.5, 0.6) is 0 Å². The molecule has 1 fully saturated rings. The van der Waals surface area contributed by atoms with Crippen molar-refractivity contribution < 1.29 is 14.3 Å².